The predicted molar refractivity (Wildman–Crippen MR) is 81.2 cm³/mol. The van der Waals surface area contributed by atoms with Gasteiger partial charge in [0.2, 0.25) is 5.91 Å². The van der Waals surface area contributed by atoms with Crippen molar-refractivity contribution in [1.29, 1.82) is 0 Å². The zero-order chi connectivity index (χ0) is 15.4. The molecule has 5 nitrogen and oxygen atoms in total. The van der Waals surface area contributed by atoms with Crippen LogP contribution in [0.2, 0.25) is 0 Å². The number of furan rings is 1. The molecule has 1 aliphatic heterocycles. The molecule has 114 valence electrons. The molecular weight excluding hydrogens is 280 g/mol. The Balaban J connectivity index is 1.77. The van der Waals surface area contributed by atoms with Gasteiger partial charge >= 0.3 is 0 Å². The number of hydrogen-bond donors (Lipinski definition) is 1. The zero-order valence-corrected chi connectivity index (χ0v) is 12.2. The van der Waals surface area contributed by atoms with Gasteiger partial charge in [0.25, 0.3) is 5.91 Å². The van der Waals surface area contributed by atoms with E-state index in [-0.39, 0.29) is 23.6 Å². The van der Waals surface area contributed by atoms with E-state index in [4.69, 9.17) is 4.42 Å². The molecule has 1 atom stereocenters. The van der Waals surface area contributed by atoms with E-state index >= 15 is 0 Å². The van der Waals surface area contributed by atoms with E-state index in [0.29, 0.717) is 13.0 Å². The predicted octanol–water partition coefficient (Wildman–Crippen LogP) is 2.37. The van der Waals surface area contributed by atoms with Crippen molar-refractivity contribution in [2.45, 2.75) is 18.9 Å². The highest BCUT2D eigenvalue weighted by Gasteiger charge is 2.25. The van der Waals surface area contributed by atoms with Gasteiger partial charge in [-0.05, 0) is 24.1 Å². The van der Waals surface area contributed by atoms with Gasteiger partial charge in [0.1, 0.15) is 0 Å². The molecule has 0 saturated carbocycles. The number of benzene rings is 1. The fourth-order valence-corrected chi connectivity index (χ4v) is 2.67. The molecule has 22 heavy (non-hydrogen) atoms. The summed E-state index contributed by atoms with van der Waals surface area (Å²) >= 11 is 0. The summed E-state index contributed by atoms with van der Waals surface area (Å²) in [5.41, 5.74) is 0.974. The van der Waals surface area contributed by atoms with E-state index in [2.05, 4.69) is 5.32 Å². The van der Waals surface area contributed by atoms with Crippen LogP contribution in [0.5, 0.6) is 0 Å². The van der Waals surface area contributed by atoms with Crippen molar-refractivity contribution in [3.8, 4) is 0 Å². The first-order valence-electron chi connectivity index (χ1n) is 7.41. The minimum Gasteiger partial charge on any atom is -0.459 e. The molecule has 0 unspecified atom stereocenters. The van der Waals surface area contributed by atoms with Gasteiger partial charge in [-0.3, -0.25) is 9.59 Å². The molecular formula is C17H18N2O3. The molecule has 2 aromatic rings. The van der Waals surface area contributed by atoms with Crippen LogP contribution in [0.1, 0.15) is 35.0 Å². The van der Waals surface area contributed by atoms with Crippen molar-refractivity contribution in [3.63, 3.8) is 0 Å². The first-order chi connectivity index (χ1) is 10.7. The topological polar surface area (TPSA) is 62.6 Å². The van der Waals surface area contributed by atoms with Crippen LogP contribution in [0.4, 0.5) is 0 Å². The van der Waals surface area contributed by atoms with Gasteiger partial charge < -0.3 is 14.6 Å². The standard InChI is InChI=1S/C17H18N2O3/c20-16-9-4-10-19(16)12-14(13-6-2-1-3-7-13)18-17(21)15-8-5-11-22-15/h1-3,5-8,11,14H,4,9-10,12H2,(H,18,21)/t14-/m0/s1. The maximum absolute atomic E-state index is 12.2. The Bertz CT molecular complexity index is 637. The largest absolute Gasteiger partial charge is 0.459 e. The number of likely N-dealkylation sites (tertiary alicyclic amines) is 1. The fourth-order valence-electron chi connectivity index (χ4n) is 2.67. The second-order valence-electron chi connectivity index (χ2n) is 5.36. The summed E-state index contributed by atoms with van der Waals surface area (Å²) in [6.07, 6.45) is 2.94. The number of nitrogens with zero attached hydrogens (tertiary/aromatic N) is 1. The van der Waals surface area contributed by atoms with Gasteiger partial charge in [0, 0.05) is 19.5 Å². The molecule has 1 saturated heterocycles. The third-order valence-electron chi connectivity index (χ3n) is 3.83. The molecule has 0 spiro atoms. The number of nitrogens with one attached hydrogen (secondary N) is 1. The third kappa shape index (κ3) is 3.19. The summed E-state index contributed by atoms with van der Waals surface area (Å²) in [7, 11) is 0. The highest BCUT2D eigenvalue weighted by molar-refractivity contribution is 5.91. The van der Waals surface area contributed by atoms with E-state index in [1.54, 1.807) is 17.0 Å². The summed E-state index contributed by atoms with van der Waals surface area (Å²) in [6, 6.07) is 12.7. The molecule has 0 aliphatic carbocycles. The summed E-state index contributed by atoms with van der Waals surface area (Å²) < 4.78 is 5.13. The molecule has 0 radical (unpaired) electrons. The first-order valence-corrected chi connectivity index (χ1v) is 7.41. The van der Waals surface area contributed by atoms with E-state index in [9.17, 15) is 9.59 Å². The normalized spacial score (nSPS) is 15.8. The molecule has 3 rings (SSSR count). The molecule has 1 aromatic heterocycles. The van der Waals surface area contributed by atoms with Gasteiger partial charge in [0.05, 0.1) is 12.3 Å². The van der Waals surface area contributed by atoms with Crippen LogP contribution >= 0.6 is 0 Å². The lowest BCUT2D eigenvalue weighted by Crippen LogP contribution is -2.38. The van der Waals surface area contributed by atoms with Crippen LogP contribution < -0.4 is 5.32 Å². The summed E-state index contributed by atoms with van der Waals surface area (Å²) in [6.45, 7) is 1.23. The SMILES string of the molecule is O=C(N[C@@H](CN1CCCC1=O)c1ccccc1)c1ccco1. The minimum atomic E-state index is -0.273. The summed E-state index contributed by atoms with van der Waals surface area (Å²) in [4.78, 5) is 25.9. The Hall–Kier alpha value is -2.56. The first kappa shape index (κ1) is 14.4. The molecule has 1 aromatic carbocycles. The Labute approximate surface area is 128 Å². The van der Waals surface area contributed by atoms with Gasteiger partial charge in [-0.15, -0.1) is 0 Å². The number of carbonyl (C=O) groups excluding carboxylic acids is 2. The van der Waals surface area contributed by atoms with Crippen molar-refractivity contribution in [1.82, 2.24) is 10.2 Å². The van der Waals surface area contributed by atoms with Gasteiger partial charge in [0.15, 0.2) is 5.76 Å². The van der Waals surface area contributed by atoms with E-state index < -0.39 is 0 Å². The third-order valence-corrected chi connectivity index (χ3v) is 3.83. The van der Waals surface area contributed by atoms with Crippen molar-refractivity contribution in [2.75, 3.05) is 13.1 Å². The quantitative estimate of drug-likeness (QED) is 0.921. The smallest absolute Gasteiger partial charge is 0.287 e. The number of carbonyl (C=O) groups is 2. The lowest BCUT2D eigenvalue weighted by molar-refractivity contribution is -0.128. The Morgan fingerprint density at radius 3 is 2.68 bits per heavy atom. The molecule has 2 amide bonds. The second-order valence-corrected chi connectivity index (χ2v) is 5.36. The monoisotopic (exact) mass is 298 g/mol. The maximum Gasteiger partial charge on any atom is 0.287 e. The molecule has 1 fully saturated rings. The number of rotatable bonds is 5. The zero-order valence-electron chi connectivity index (χ0n) is 12.2. The highest BCUT2D eigenvalue weighted by Crippen LogP contribution is 2.19. The van der Waals surface area contributed by atoms with Crippen molar-refractivity contribution in [2.24, 2.45) is 0 Å². The number of amides is 2. The van der Waals surface area contributed by atoms with Crippen LogP contribution in [0, 0.1) is 0 Å². The minimum absolute atomic E-state index is 0.146. The average Bonchev–Trinajstić information content (AvgIpc) is 3.20. The van der Waals surface area contributed by atoms with E-state index in [1.807, 2.05) is 30.3 Å². The van der Waals surface area contributed by atoms with Gasteiger partial charge in [-0.25, -0.2) is 0 Å². The van der Waals surface area contributed by atoms with Crippen LogP contribution in [0.15, 0.2) is 53.1 Å². The second kappa shape index (κ2) is 6.47. The van der Waals surface area contributed by atoms with Gasteiger partial charge in [-0.1, -0.05) is 30.3 Å². The van der Waals surface area contributed by atoms with Crippen LogP contribution in [-0.2, 0) is 4.79 Å². The Morgan fingerprint density at radius 1 is 1.23 bits per heavy atom. The van der Waals surface area contributed by atoms with Crippen LogP contribution in [0.25, 0.3) is 0 Å². The van der Waals surface area contributed by atoms with Gasteiger partial charge in [-0.2, -0.15) is 0 Å². The van der Waals surface area contributed by atoms with Crippen molar-refractivity contribution < 1.29 is 14.0 Å². The fraction of sp³-hybridized carbons (Fsp3) is 0.294. The summed E-state index contributed by atoms with van der Waals surface area (Å²) in [5.74, 6) is 0.146. The molecule has 5 heteroatoms. The maximum atomic E-state index is 12.2. The average molecular weight is 298 g/mol. The molecule has 2 heterocycles. The van der Waals surface area contributed by atoms with Crippen molar-refractivity contribution >= 4 is 11.8 Å². The highest BCUT2D eigenvalue weighted by atomic mass is 16.3. The Morgan fingerprint density at radius 2 is 2.05 bits per heavy atom. The van der Waals surface area contributed by atoms with Crippen molar-refractivity contribution in [3.05, 3.63) is 60.1 Å². The number of hydrogen-bond acceptors (Lipinski definition) is 3. The summed E-state index contributed by atoms with van der Waals surface area (Å²) in [5, 5.41) is 2.96. The Kier molecular flexibility index (Phi) is 4.23. The van der Waals surface area contributed by atoms with Crippen LogP contribution in [-0.4, -0.2) is 29.8 Å². The molecule has 0 bridgehead atoms. The van der Waals surface area contributed by atoms with Crippen LogP contribution in [0.3, 0.4) is 0 Å². The lowest BCUT2D eigenvalue weighted by Gasteiger charge is -2.24. The molecule has 1 aliphatic rings. The van der Waals surface area contributed by atoms with E-state index in [1.165, 1.54) is 6.26 Å². The lowest BCUT2D eigenvalue weighted by atomic mass is 10.1. The molecule has 1 N–H and O–H groups in total. The van der Waals surface area contributed by atoms with E-state index in [0.717, 1.165) is 18.5 Å².